The van der Waals surface area contributed by atoms with Gasteiger partial charge in [-0.1, -0.05) is 30.3 Å². The Balaban J connectivity index is 1.67. The SMILES string of the molecule is CCOC(=O)C1=C(C)NC(=S)N[C@H]1c1ccccc1OCC(=O)NN=Cc1ccc(C(F)(F)F)cc1. The van der Waals surface area contributed by atoms with E-state index in [0.29, 0.717) is 33.3 Å². The first kappa shape index (κ1) is 26.7. The van der Waals surface area contributed by atoms with Crippen molar-refractivity contribution >= 4 is 35.4 Å². The summed E-state index contributed by atoms with van der Waals surface area (Å²) in [6.45, 7) is 3.19. The number of hydrogen-bond acceptors (Lipinski definition) is 6. The summed E-state index contributed by atoms with van der Waals surface area (Å²) < 4.78 is 48.8. The molecule has 0 spiro atoms. The van der Waals surface area contributed by atoms with Gasteiger partial charge in [0.15, 0.2) is 11.7 Å². The maximum atomic E-state index is 12.6. The number of halogens is 3. The molecule has 3 rings (SSSR count). The van der Waals surface area contributed by atoms with Gasteiger partial charge < -0.3 is 20.1 Å². The van der Waals surface area contributed by atoms with Crippen molar-refractivity contribution < 1.29 is 32.2 Å². The lowest BCUT2D eigenvalue weighted by Crippen LogP contribution is -2.45. The number of para-hydroxylation sites is 1. The minimum Gasteiger partial charge on any atom is -0.483 e. The number of allylic oxidation sites excluding steroid dienone is 1. The van der Waals surface area contributed by atoms with E-state index in [-0.39, 0.29) is 6.61 Å². The number of thiocarbonyl (C=S) groups is 1. The molecule has 0 bridgehead atoms. The van der Waals surface area contributed by atoms with Crippen molar-refractivity contribution in [1.29, 1.82) is 0 Å². The van der Waals surface area contributed by atoms with E-state index in [0.717, 1.165) is 12.1 Å². The molecule has 1 amide bonds. The van der Waals surface area contributed by atoms with E-state index in [1.165, 1.54) is 18.3 Å². The lowest BCUT2D eigenvalue weighted by Gasteiger charge is -2.30. The highest BCUT2D eigenvalue weighted by Crippen LogP contribution is 2.33. The Bertz CT molecular complexity index is 1200. The Labute approximate surface area is 210 Å². The highest BCUT2D eigenvalue weighted by Gasteiger charge is 2.33. The van der Waals surface area contributed by atoms with Gasteiger partial charge in [0, 0.05) is 11.3 Å². The molecule has 36 heavy (non-hydrogen) atoms. The van der Waals surface area contributed by atoms with E-state index in [1.54, 1.807) is 38.1 Å². The van der Waals surface area contributed by atoms with Crippen molar-refractivity contribution in [3.05, 3.63) is 76.5 Å². The first-order chi connectivity index (χ1) is 17.1. The Hall–Kier alpha value is -3.93. The first-order valence-electron chi connectivity index (χ1n) is 10.8. The molecule has 2 aromatic rings. The summed E-state index contributed by atoms with van der Waals surface area (Å²) in [5, 5.41) is 10.00. The number of hydrazone groups is 1. The minimum absolute atomic E-state index is 0.193. The molecule has 12 heteroatoms. The summed E-state index contributed by atoms with van der Waals surface area (Å²) >= 11 is 5.24. The maximum Gasteiger partial charge on any atom is 0.416 e. The zero-order chi connectivity index (χ0) is 26.3. The molecule has 0 fully saturated rings. The highest BCUT2D eigenvalue weighted by atomic mass is 32.1. The maximum absolute atomic E-state index is 12.6. The molecule has 0 aliphatic carbocycles. The molecule has 0 saturated carbocycles. The summed E-state index contributed by atoms with van der Waals surface area (Å²) in [5.74, 6) is -0.789. The number of rotatable bonds is 8. The molecule has 1 heterocycles. The number of nitrogens with one attached hydrogen (secondary N) is 3. The summed E-state index contributed by atoms with van der Waals surface area (Å²) in [6, 6.07) is 10.5. The second kappa shape index (κ2) is 11.7. The summed E-state index contributed by atoms with van der Waals surface area (Å²) in [5.41, 5.74) is 3.27. The molecule has 1 atom stereocenters. The topological polar surface area (TPSA) is 101 Å². The van der Waals surface area contributed by atoms with Gasteiger partial charge in [-0.15, -0.1) is 0 Å². The average molecular weight is 521 g/mol. The summed E-state index contributed by atoms with van der Waals surface area (Å²) in [4.78, 5) is 24.8. The van der Waals surface area contributed by atoms with Crippen LogP contribution in [0.1, 0.15) is 36.6 Å². The number of esters is 1. The van der Waals surface area contributed by atoms with E-state index in [9.17, 15) is 22.8 Å². The van der Waals surface area contributed by atoms with Gasteiger partial charge in [-0.2, -0.15) is 18.3 Å². The fourth-order valence-corrected chi connectivity index (χ4v) is 3.64. The molecule has 0 radical (unpaired) electrons. The largest absolute Gasteiger partial charge is 0.483 e. The van der Waals surface area contributed by atoms with Crippen LogP contribution in [0.25, 0.3) is 0 Å². The average Bonchev–Trinajstić information content (AvgIpc) is 2.82. The van der Waals surface area contributed by atoms with Crippen LogP contribution in [-0.2, 0) is 20.5 Å². The van der Waals surface area contributed by atoms with Crippen LogP contribution in [-0.4, -0.2) is 36.4 Å². The van der Waals surface area contributed by atoms with Gasteiger partial charge in [-0.25, -0.2) is 10.2 Å². The summed E-state index contributed by atoms with van der Waals surface area (Å²) in [7, 11) is 0. The number of carbonyl (C=O) groups is 2. The monoisotopic (exact) mass is 520 g/mol. The second-order valence-corrected chi connectivity index (χ2v) is 7.94. The number of benzene rings is 2. The standard InChI is InChI=1S/C24H23F3N4O4S/c1-3-34-22(33)20-14(2)29-23(36)30-21(20)17-6-4-5-7-18(17)35-13-19(32)31-28-12-15-8-10-16(11-9-15)24(25,26)27/h4-12,21H,3,13H2,1-2H3,(H,31,32)(H2,29,30,36)/t21-/m0/s1. The fraction of sp³-hybridized carbons (Fsp3) is 0.250. The van der Waals surface area contributed by atoms with Crippen LogP contribution in [0.3, 0.4) is 0 Å². The van der Waals surface area contributed by atoms with Crippen LogP contribution in [0.15, 0.2) is 64.9 Å². The van der Waals surface area contributed by atoms with E-state index >= 15 is 0 Å². The Morgan fingerprint density at radius 1 is 1.17 bits per heavy atom. The number of carbonyl (C=O) groups excluding carboxylic acids is 2. The van der Waals surface area contributed by atoms with E-state index in [4.69, 9.17) is 21.7 Å². The Kier molecular flexibility index (Phi) is 8.64. The lowest BCUT2D eigenvalue weighted by molar-refractivity contribution is -0.139. The molecule has 0 saturated heterocycles. The van der Waals surface area contributed by atoms with Crippen molar-refractivity contribution in [2.24, 2.45) is 5.10 Å². The fourth-order valence-electron chi connectivity index (χ4n) is 3.37. The summed E-state index contributed by atoms with van der Waals surface area (Å²) in [6.07, 6.45) is -3.22. The molecule has 1 aliphatic heterocycles. The van der Waals surface area contributed by atoms with Crippen LogP contribution in [0, 0.1) is 0 Å². The first-order valence-corrected chi connectivity index (χ1v) is 11.2. The number of ether oxygens (including phenoxy) is 2. The molecular formula is C24H23F3N4O4S. The van der Waals surface area contributed by atoms with E-state index < -0.39 is 36.3 Å². The van der Waals surface area contributed by atoms with Crippen molar-refractivity contribution in [3.63, 3.8) is 0 Å². The molecule has 190 valence electrons. The van der Waals surface area contributed by atoms with Crippen LogP contribution >= 0.6 is 12.2 Å². The van der Waals surface area contributed by atoms with E-state index in [2.05, 4.69) is 21.2 Å². The lowest BCUT2D eigenvalue weighted by atomic mass is 9.95. The normalized spacial score (nSPS) is 15.8. The zero-order valence-electron chi connectivity index (χ0n) is 19.3. The predicted octanol–water partition coefficient (Wildman–Crippen LogP) is 3.59. The van der Waals surface area contributed by atoms with Gasteiger partial charge in [0.1, 0.15) is 5.75 Å². The van der Waals surface area contributed by atoms with Gasteiger partial charge in [0.25, 0.3) is 5.91 Å². The number of amides is 1. The van der Waals surface area contributed by atoms with Gasteiger partial charge >= 0.3 is 12.1 Å². The molecule has 0 unspecified atom stereocenters. The van der Waals surface area contributed by atoms with Crippen molar-refractivity contribution in [3.8, 4) is 5.75 Å². The van der Waals surface area contributed by atoms with Crippen LogP contribution in [0.5, 0.6) is 5.75 Å². The highest BCUT2D eigenvalue weighted by molar-refractivity contribution is 7.80. The number of nitrogens with zero attached hydrogens (tertiary/aromatic N) is 1. The Morgan fingerprint density at radius 3 is 2.53 bits per heavy atom. The van der Waals surface area contributed by atoms with Gasteiger partial charge in [-0.05, 0) is 49.8 Å². The molecule has 2 aromatic carbocycles. The zero-order valence-corrected chi connectivity index (χ0v) is 20.1. The predicted molar refractivity (Wildman–Crippen MR) is 130 cm³/mol. The van der Waals surface area contributed by atoms with Crippen LogP contribution in [0.4, 0.5) is 13.2 Å². The molecule has 8 nitrogen and oxygen atoms in total. The number of hydrogen-bond donors (Lipinski definition) is 3. The quantitative estimate of drug-likeness (QED) is 0.212. The Morgan fingerprint density at radius 2 is 1.86 bits per heavy atom. The second-order valence-electron chi connectivity index (χ2n) is 7.53. The van der Waals surface area contributed by atoms with Crippen molar-refractivity contribution in [1.82, 2.24) is 16.1 Å². The molecule has 3 N–H and O–H groups in total. The van der Waals surface area contributed by atoms with Crippen molar-refractivity contribution in [2.45, 2.75) is 26.1 Å². The third-order valence-electron chi connectivity index (χ3n) is 4.99. The molecular weight excluding hydrogens is 497 g/mol. The van der Waals surface area contributed by atoms with E-state index in [1.807, 2.05) is 0 Å². The van der Waals surface area contributed by atoms with Crippen LogP contribution in [0.2, 0.25) is 0 Å². The third-order valence-corrected chi connectivity index (χ3v) is 5.21. The van der Waals surface area contributed by atoms with Gasteiger partial charge in [0.05, 0.1) is 30.0 Å². The number of alkyl halides is 3. The minimum atomic E-state index is -4.43. The third kappa shape index (κ3) is 6.81. The van der Waals surface area contributed by atoms with Crippen LogP contribution < -0.4 is 20.8 Å². The van der Waals surface area contributed by atoms with Gasteiger partial charge in [-0.3, -0.25) is 4.79 Å². The molecule has 1 aliphatic rings. The smallest absolute Gasteiger partial charge is 0.416 e. The molecule has 0 aromatic heterocycles. The van der Waals surface area contributed by atoms with Crippen molar-refractivity contribution in [2.75, 3.05) is 13.2 Å². The van der Waals surface area contributed by atoms with Gasteiger partial charge in [0.2, 0.25) is 0 Å².